The fraction of sp³-hybridized carbons (Fsp3) is 1.00. The van der Waals surface area contributed by atoms with Crippen molar-refractivity contribution in [2.24, 2.45) is 0 Å². The number of rotatable bonds is 4. The summed E-state index contributed by atoms with van der Waals surface area (Å²) in [5.41, 5.74) is 0. The average molecular weight is 174 g/mol. The van der Waals surface area contributed by atoms with Gasteiger partial charge in [-0.25, -0.2) is 8.42 Å². The maximum absolute atomic E-state index is 10.1. The zero-order valence-electron chi connectivity index (χ0n) is 4.35. The van der Waals surface area contributed by atoms with Crippen molar-refractivity contribution in [1.29, 1.82) is 0 Å². The Morgan fingerprint density at radius 3 is 1.67 bits per heavy atom. The smallest absolute Gasteiger partial charge is 0.195 e. The summed E-state index contributed by atoms with van der Waals surface area (Å²) in [5.74, 6) is -1.43. The molecule has 0 spiro atoms. The molecule has 0 aliphatic carbocycles. The molecule has 0 aliphatic heterocycles. The largest absolute Gasteiger partial charge is 0.381 e. The third-order valence-electron chi connectivity index (χ3n) is 0.363. The van der Waals surface area contributed by atoms with Gasteiger partial charge in [0.25, 0.3) is 0 Å². The predicted octanol–water partition coefficient (Wildman–Crippen LogP) is -1.77. The van der Waals surface area contributed by atoms with Crippen molar-refractivity contribution in [2.75, 3.05) is 11.9 Å². The van der Waals surface area contributed by atoms with Gasteiger partial charge in [-0.1, -0.05) is 0 Å². The minimum absolute atomic E-state index is 0.717. The molecule has 0 aliphatic rings. The highest BCUT2D eigenvalue weighted by Gasteiger charge is 2.02. The van der Waals surface area contributed by atoms with Crippen LogP contribution in [0, 0.1) is 0 Å². The summed E-state index contributed by atoms with van der Waals surface area (Å²) in [6, 6.07) is 0. The lowest BCUT2D eigenvalue weighted by atomic mass is 11.7. The SMILES string of the molecule is O=S(CO)OS(=O)CO. The van der Waals surface area contributed by atoms with E-state index in [2.05, 4.69) is 3.63 Å². The first-order valence-corrected chi connectivity index (χ1v) is 4.36. The van der Waals surface area contributed by atoms with E-state index in [1.165, 1.54) is 0 Å². The molecule has 0 rings (SSSR count). The number of aliphatic hydroxyl groups is 2. The van der Waals surface area contributed by atoms with Crippen LogP contribution in [0.2, 0.25) is 0 Å². The molecule has 0 radical (unpaired) electrons. The summed E-state index contributed by atoms with van der Waals surface area (Å²) in [7, 11) is 0. The molecular formula is C2H6O5S2. The van der Waals surface area contributed by atoms with E-state index in [0.29, 0.717) is 0 Å². The van der Waals surface area contributed by atoms with E-state index in [-0.39, 0.29) is 0 Å². The molecule has 9 heavy (non-hydrogen) atoms. The van der Waals surface area contributed by atoms with Crippen molar-refractivity contribution in [3.05, 3.63) is 0 Å². The van der Waals surface area contributed by atoms with Gasteiger partial charge in [0.15, 0.2) is 22.2 Å². The van der Waals surface area contributed by atoms with Crippen LogP contribution in [-0.2, 0) is 25.8 Å². The fourth-order valence-corrected chi connectivity index (χ4v) is 1.15. The lowest BCUT2D eigenvalue weighted by molar-refractivity contribution is 0.346. The van der Waals surface area contributed by atoms with Crippen LogP contribution in [0.1, 0.15) is 0 Å². The van der Waals surface area contributed by atoms with Gasteiger partial charge in [0, 0.05) is 0 Å². The van der Waals surface area contributed by atoms with Gasteiger partial charge in [-0.3, -0.25) is 0 Å². The van der Waals surface area contributed by atoms with E-state index in [9.17, 15) is 8.42 Å². The Morgan fingerprint density at radius 1 is 1.11 bits per heavy atom. The molecule has 0 amide bonds. The van der Waals surface area contributed by atoms with Crippen LogP contribution in [0.5, 0.6) is 0 Å². The van der Waals surface area contributed by atoms with Crippen molar-refractivity contribution in [2.45, 2.75) is 0 Å². The molecule has 0 aromatic carbocycles. The quantitative estimate of drug-likeness (QED) is 0.527. The number of hydrogen-bond donors (Lipinski definition) is 2. The Bertz CT molecular complexity index is 108. The molecule has 56 valence electrons. The fourth-order valence-electron chi connectivity index (χ4n) is 0.128. The monoisotopic (exact) mass is 174 g/mol. The summed E-state index contributed by atoms with van der Waals surface area (Å²) >= 11 is -3.92. The van der Waals surface area contributed by atoms with Gasteiger partial charge in [-0.15, -0.1) is 0 Å². The Morgan fingerprint density at radius 2 is 1.44 bits per heavy atom. The minimum Gasteiger partial charge on any atom is -0.381 e. The first-order valence-electron chi connectivity index (χ1n) is 1.88. The highest BCUT2D eigenvalue weighted by atomic mass is 32.3. The molecule has 2 N–H and O–H groups in total. The molecule has 0 aromatic rings. The third kappa shape index (κ3) is 4.67. The molecule has 0 atom stereocenters. The minimum atomic E-state index is -1.96. The van der Waals surface area contributed by atoms with E-state index >= 15 is 0 Å². The molecule has 7 heteroatoms. The molecule has 0 unspecified atom stereocenters. The van der Waals surface area contributed by atoms with Crippen molar-refractivity contribution in [3.63, 3.8) is 0 Å². The maximum Gasteiger partial charge on any atom is 0.195 e. The zero-order chi connectivity index (χ0) is 7.28. The van der Waals surface area contributed by atoms with Gasteiger partial charge in [0.1, 0.15) is 11.9 Å². The van der Waals surface area contributed by atoms with Crippen LogP contribution in [0.25, 0.3) is 0 Å². The molecular weight excluding hydrogens is 168 g/mol. The van der Waals surface area contributed by atoms with Crippen LogP contribution >= 0.6 is 0 Å². The Hall–Kier alpha value is 0.180. The Balaban J connectivity index is 3.47. The summed E-state index contributed by atoms with van der Waals surface area (Å²) in [6.45, 7) is 0. The van der Waals surface area contributed by atoms with E-state index in [0.717, 1.165) is 0 Å². The van der Waals surface area contributed by atoms with E-state index < -0.39 is 34.0 Å². The summed E-state index contributed by atoms with van der Waals surface area (Å²) in [5, 5.41) is 16.1. The molecule has 0 saturated heterocycles. The molecule has 0 saturated carbocycles. The van der Waals surface area contributed by atoms with Gasteiger partial charge >= 0.3 is 0 Å². The van der Waals surface area contributed by atoms with Gasteiger partial charge in [-0.2, -0.15) is 3.63 Å². The van der Waals surface area contributed by atoms with Gasteiger partial charge in [0.2, 0.25) is 0 Å². The second-order valence-corrected chi connectivity index (χ2v) is 3.21. The van der Waals surface area contributed by atoms with E-state index in [1.807, 2.05) is 0 Å². The molecule has 0 bridgehead atoms. The standard InChI is InChI=1S/C2H6O5S2/c3-1-8(5)7-9(6)2-4/h3-4H,1-2H2. The van der Waals surface area contributed by atoms with Crippen LogP contribution < -0.4 is 0 Å². The first kappa shape index (κ1) is 9.18. The zero-order valence-corrected chi connectivity index (χ0v) is 5.98. The molecule has 5 nitrogen and oxygen atoms in total. The highest BCUT2D eigenvalue weighted by Crippen LogP contribution is 1.88. The maximum atomic E-state index is 10.1. The number of hydrogen-bond acceptors (Lipinski definition) is 5. The second-order valence-electron chi connectivity index (χ2n) is 0.934. The van der Waals surface area contributed by atoms with Crippen molar-refractivity contribution >= 4 is 22.2 Å². The molecule has 0 aromatic heterocycles. The molecule has 0 heterocycles. The van der Waals surface area contributed by atoms with Gasteiger partial charge < -0.3 is 10.2 Å². The van der Waals surface area contributed by atoms with Crippen molar-refractivity contribution in [3.8, 4) is 0 Å². The van der Waals surface area contributed by atoms with Crippen molar-refractivity contribution in [1.82, 2.24) is 0 Å². The third-order valence-corrected chi connectivity index (χ3v) is 2.00. The summed E-state index contributed by atoms with van der Waals surface area (Å²) in [4.78, 5) is 0. The predicted molar refractivity (Wildman–Crippen MR) is 31.5 cm³/mol. The van der Waals surface area contributed by atoms with Crippen LogP contribution in [0.3, 0.4) is 0 Å². The Kier molecular flexibility index (Phi) is 5.10. The Labute approximate surface area is 57.0 Å². The van der Waals surface area contributed by atoms with Crippen LogP contribution in [0.15, 0.2) is 0 Å². The highest BCUT2D eigenvalue weighted by molar-refractivity contribution is 7.93. The second kappa shape index (κ2) is 5.00. The number of aliphatic hydroxyl groups excluding tert-OH is 2. The summed E-state index contributed by atoms with van der Waals surface area (Å²) < 4.78 is 24.2. The lowest BCUT2D eigenvalue weighted by Crippen LogP contribution is -2.06. The average Bonchev–Trinajstić information content (AvgIpc) is 1.87. The van der Waals surface area contributed by atoms with Crippen molar-refractivity contribution < 1.29 is 22.3 Å². The van der Waals surface area contributed by atoms with E-state index in [4.69, 9.17) is 10.2 Å². The lowest BCUT2D eigenvalue weighted by Gasteiger charge is -1.93. The van der Waals surface area contributed by atoms with Crippen LogP contribution in [0.4, 0.5) is 0 Å². The normalized spacial score (nSPS) is 17.1. The van der Waals surface area contributed by atoms with Gasteiger partial charge in [0.05, 0.1) is 0 Å². The topological polar surface area (TPSA) is 83.8 Å². The van der Waals surface area contributed by atoms with Crippen LogP contribution in [-0.4, -0.2) is 30.5 Å². The summed E-state index contributed by atoms with van der Waals surface area (Å²) in [6.07, 6.45) is 0. The van der Waals surface area contributed by atoms with Gasteiger partial charge in [-0.05, 0) is 0 Å². The first-order chi connectivity index (χ1) is 4.20. The van der Waals surface area contributed by atoms with E-state index in [1.54, 1.807) is 0 Å². The molecule has 0 fully saturated rings.